The normalized spacial score (nSPS) is 18.3. The van der Waals surface area contributed by atoms with Crippen molar-refractivity contribution in [3.05, 3.63) is 48.0 Å². The molecule has 0 amide bonds. The quantitative estimate of drug-likeness (QED) is 0.588. The number of ether oxygens (including phenoxy) is 1. The fourth-order valence-electron chi connectivity index (χ4n) is 2.27. The van der Waals surface area contributed by atoms with E-state index >= 15 is 0 Å². The van der Waals surface area contributed by atoms with Crippen molar-refractivity contribution in [3.8, 4) is 0 Å². The van der Waals surface area contributed by atoms with Gasteiger partial charge in [0.2, 0.25) is 0 Å². The van der Waals surface area contributed by atoms with Crippen LogP contribution in [-0.4, -0.2) is 13.2 Å². The Morgan fingerprint density at radius 2 is 1.81 bits per heavy atom. The highest BCUT2D eigenvalue weighted by atomic mass is 16.5. The van der Waals surface area contributed by atoms with Crippen molar-refractivity contribution in [2.75, 3.05) is 13.2 Å². The molecule has 3 nitrogen and oxygen atoms in total. The van der Waals surface area contributed by atoms with Gasteiger partial charge in [-0.3, -0.25) is 5.84 Å². The van der Waals surface area contributed by atoms with Crippen LogP contribution in [0.4, 0.5) is 0 Å². The molecule has 3 N–H and O–H groups in total. The first-order chi connectivity index (χ1) is 7.86. The van der Waals surface area contributed by atoms with Crippen molar-refractivity contribution in [3.63, 3.8) is 0 Å². The highest BCUT2D eigenvalue weighted by Crippen LogP contribution is 2.33. The molecule has 0 atom stereocenters. The fraction of sp³-hybridized carbons (Fsp3) is 0.231. The zero-order valence-corrected chi connectivity index (χ0v) is 8.94. The Labute approximate surface area is 94.2 Å². The Balaban J connectivity index is 2.23. The molecule has 0 bridgehead atoms. The van der Waals surface area contributed by atoms with E-state index in [1.165, 1.54) is 16.3 Å². The van der Waals surface area contributed by atoms with Crippen LogP contribution in [0.2, 0.25) is 0 Å². The average Bonchev–Trinajstić information content (AvgIpc) is 2.29. The topological polar surface area (TPSA) is 47.3 Å². The molecule has 1 aliphatic heterocycles. The lowest BCUT2D eigenvalue weighted by Gasteiger charge is -2.41. The highest BCUT2D eigenvalue weighted by molar-refractivity contribution is 5.86. The molecule has 3 heteroatoms. The summed E-state index contributed by atoms with van der Waals surface area (Å²) in [6, 6.07) is 14.6. The van der Waals surface area contributed by atoms with Crippen LogP contribution in [0.3, 0.4) is 0 Å². The van der Waals surface area contributed by atoms with Gasteiger partial charge in [0.05, 0.1) is 13.2 Å². The molecular weight excluding hydrogens is 200 g/mol. The van der Waals surface area contributed by atoms with Gasteiger partial charge >= 0.3 is 0 Å². The zero-order chi connectivity index (χ0) is 11.0. The van der Waals surface area contributed by atoms with Gasteiger partial charge in [0.15, 0.2) is 0 Å². The number of nitrogens with one attached hydrogen (secondary N) is 1. The second kappa shape index (κ2) is 3.56. The van der Waals surface area contributed by atoms with Crippen LogP contribution in [-0.2, 0) is 10.3 Å². The largest absolute Gasteiger partial charge is 0.377 e. The van der Waals surface area contributed by atoms with Crippen LogP contribution in [0, 0.1) is 0 Å². The molecule has 0 spiro atoms. The zero-order valence-electron chi connectivity index (χ0n) is 8.94. The molecule has 0 radical (unpaired) electrons. The van der Waals surface area contributed by atoms with Crippen LogP contribution in [0.1, 0.15) is 5.56 Å². The first-order valence-corrected chi connectivity index (χ1v) is 5.39. The molecule has 2 aromatic carbocycles. The van der Waals surface area contributed by atoms with Crippen molar-refractivity contribution in [1.82, 2.24) is 5.43 Å². The Morgan fingerprint density at radius 1 is 1.06 bits per heavy atom. The van der Waals surface area contributed by atoms with Crippen molar-refractivity contribution >= 4 is 10.8 Å². The second-order valence-electron chi connectivity index (χ2n) is 4.25. The Kier molecular flexibility index (Phi) is 2.17. The van der Waals surface area contributed by atoms with Crippen LogP contribution in [0.25, 0.3) is 10.8 Å². The third-order valence-electron chi connectivity index (χ3n) is 3.28. The number of nitrogens with two attached hydrogens (primary N) is 1. The molecule has 1 saturated heterocycles. The molecule has 0 aliphatic carbocycles. The minimum Gasteiger partial charge on any atom is -0.377 e. The first kappa shape index (κ1) is 9.78. The third kappa shape index (κ3) is 1.26. The van der Waals surface area contributed by atoms with Crippen molar-refractivity contribution in [1.29, 1.82) is 0 Å². The van der Waals surface area contributed by atoms with Gasteiger partial charge in [-0.2, -0.15) is 0 Å². The predicted molar refractivity (Wildman–Crippen MR) is 63.8 cm³/mol. The van der Waals surface area contributed by atoms with Gasteiger partial charge in [0.1, 0.15) is 5.54 Å². The predicted octanol–water partition coefficient (Wildman–Crippen LogP) is 1.53. The summed E-state index contributed by atoms with van der Waals surface area (Å²) in [4.78, 5) is 0. The van der Waals surface area contributed by atoms with E-state index in [0.29, 0.717) is 13.2 Å². The molecule has 2 aromatic rings. The second-order valence-corrected chi connectivity index (χ2v) is 4.25. The molecule has 82 valence electrons. The number of fused-ring (bicyclic) bond motifs is 1. The maximum absolute atomic E-state index is 5.66. The van der Waals surface area contributed by atoms with Gasteiger partial charge in [-0.25, -0.2) is 5.43 Å². The Bertz CT molecular complexity index is 509. The molecular formula is C13H14N2O. The summed E-state index contributed by atoms with van der Waals surface area (Å²) < 4.78 is 5.29. The summed E-state index contributed by atoms with van der Waals surface area (Å²) in [5.41, 5.74) is 3.91. The molecule has 0 aromatic heterocycles. The van der Waals surface area contributed by atoms with Gasteiger partial charge in [-0.05, 0) is 16.3 Å². The monoisotopic (exact) mass is 214 g/mol. The highest BCUT2D eigenvalue weighted by Gasteiger charge is 2.40. The van der Waals surface area contributed by atoms with E-state index in [4.69, 9.17) is 10.6 Å². The van der Waals surface area contributed by atoms with E-state index in [9.17, 15) is 0 Å². The Hall–Kier alpha value is -1.42. The van der Waals surface area contributed by atoms with Crippen LogP contribution < -0.4 is 11.3 Å². The van der Waals surface area contributed by atoms with Crippen molar-refractivity contribution in [2.45, 2.75) is 5.54 Å². The molecule has 0 unspecified atom stereocenters. The number of benzene rings is 2. The first-order valence-electron chi connectivity index (χ1n) is 5.39. The number of hydrazine groups is 1. The number of hydrogen-bond donors (Lipinski definition) is 2. The maximum atomic E-state index is 5.66. The number of hydrogen-bond acceptors (Lipinski definition) is 3. The average molecular weight is 214 g/mol. The molecule has 1 heterocycles. The van der Waals surface area contributed by atoms with Crippen LogP contribution in [0.5, 0.6) is 0 Å². The lowest BCUT2D eigenvalue weighted by Crippen LogP contribution is -2.60. The molecule has 1 aliphatic rings. The summed E-state index contributed by atoms with van der Waals surface area (Å²) in [7, 11) is 0. The van der Waals surface area contributed by atoms with Crippen LogP contribution >= 0.6 is 0 Å². The van der Waals surface area contributed by atoms with Crippen LogP contribution in [0.15, 0.2) is 42.5 Å². The van der Waals surface area contributed by atoms with Crippen molar-refractivity contribution < 1.29 is 4.74 Å². The lowest BCUT2D eigenvalue weighted by molar-refractivity contribution is -0.0779. The van der Waals surface area contributed by atoms with E-state index in [1.807, 2.05) is 6.07 Å². The molecule has 0 saturated carbocycles. The van der Waals surface area contributed by atoms with Gasteiger partial charge in [0, 0.05) is 0 Å². The van der Waals surface area contributed by atoms with E-state index in [-0.39, 0.29) is 5.54 Å². The van der Waals surface area contributed by atoms with E-state index < -0.39 is 0 Å². The maximum Gasteiger partial charge on any atom is 0.104 e. The molecule has 16 heavy (non-hydrogen) atoms. The lowest BCUT2D eigenvalue weighted by atomic mass is 9.85. The fourth-order valence-corrected chi connectivity index (χ4v) is 2.27. The Morgan fingerprint density at radius 3 is 2.50 bits per heavy atom. The van der Waals surface area contributed by atoms with E-state index in [1.54, 1.807) is 0 Å². The van der Waals surface area contributed by atoms with E-state index in [2.05, 4.69) is 41.8 Å². The van der Waals surface area contributed by atoms with Gasteiger partial charge in [0.25, 0.3) is 0 Å². The number of rotatable bonds is 2. The summed E-state index contributed by atoms with van der Waals surface area (Å²) in [6.45, 7) is 1.27. The molecule has 3 rings (SSSR count). The van der Waals surface area contributed by atoms with Gasteiger partial charge in [-0.15, -0.1) is 0 Å². The summed E-state index contributed by atoms with van der Waals surface area (Å²) in [5.74, 6) is 5.66. The van der Waals surface area contributed by atoms with E-state index in [0.717, 1.165) is 0 Å². The van der Waals surface area contributed by atoms with Gasteiger partial charge in [-0.1, -0.05) is 42.5 Å². The minimum absolute atomic E-state index is 0.207. The van der Waals surface area contributed by atoms with Gasteiger partial charge < -0.3 is 4.74 Å². The van der Waals surface area contributed by atoms with Crippen molar-refractivity contribution in [2.24, 2.45) is 5.84 Å². The SMILES string of the molecule is NNC1(c2cccc3ccccc23)COC1. The summed E-state index contributed by atoms with van der Waals surface area (Å²) in [5, 5.41) is 2.48. The minimum atomic E-state index is -0.207. The molecule has 1 fully saturated rings. The standard InChI is InChI=1S/C13H14N2O/c14-15-13(8-16-9-13)12-7-3-5-10-4-1-2-6-11(10)12/h1-7,15H,8-9,14H2. The summed E-state index contributed by atoms with van der Waals surface area (Å²) in [6.07, 6.45) is 0. The summed E-state index contributed by atoms with van der Waals surface area (Å²) >= 11 is 0. The third-order valence-corrected chi connectivity index (χ3v) is 3.28. The smallest absolute Gasteiger partial charge is 0.104 e.